The van der Waals surface area contributed by atoms with Gasteiger partial charge in [0.25, 0.3) is 5.91 Å². The SMILES string of the molecule is COc1cccc(NC(=O)C(OC(=O)c2ccccc2Cl)c2ccccc2)c1. The van der Waals surface area contributed by atoms with Crippen LogP contribution >= 0.6 is 11.6 Å². The number of hydrogen-bond acceptors (Lipinski definition) is 4. The number of anilines is 1. The van der Waals surface area contributed by atoms with Crippen LogP contribution in [-0.4, -0.2) is 19.0 Å². The zero-order valence-electron chi connectivity index (χ0n) is 15.1. The summed E-state index contributed by atoms with van der Waals surface area (Å²) in [4.78, 5) is 25.5. The lowest BCUT2D eigenvalue weighted by atomic mass is 10.1. The van der Waals surface area contributed by atoms with Crippen LogP contribution < -0.4 is 10.1 Å². The van der Waals surface area contributed by atoms with Gasteiger partial charge in [-0.15, -0.1) is 0 Å². The monoisotopic (exact) mass is 395 g/mol. The molecular weight excluding hydrogens is 378 g/mol. The number of rotatable bonds is 6. The van der Waals surface area contributed by atoms with Crippen molar-refractivity contribution >= 4 is 29.2 Å². The van der Waals surface area contributed by atoms with Crippen molar-refractivity contribution in [2.45, 2.75) is 6.10 Å². The summed E-state index contributed by atoms with van der Waals surface area (Å²) < 4.78 is 10.7. The highest BCUT2D eigenvalue weighted by molar-refractivity contribution is 6.33. The van der Waals surface area contributed by atoms with Crippen molar-refractivity contribution < 1.29 is 19.1 Å². The van der Waals surface area contributed by atoms with E-state index in [1.165, 1.54) is 0 Å². The predicted molar refractivity (Wildman–Crippen MR) is 108 cm³/mol. The molecule has 0 saturated carbocycles. The van der Waals surface area contributed by atoms with E-state index in [1.54, 1.807) is 79.9 Å². The van der Waals surface area contributed by atoms with Gasteiger partial charge < -0.3 is 14.8 Å². The Morgan fingerprint density at radius 3 is 2.36 bits per heavy atom. The minimum atomic E-state index is -1.14. The quantitative estimate of drug-likeness (QED) is 0.604. The highest BCUT2D eigenvalue weighted by Crippen LogP contribution is 2.25. The van der Waals surface area contributed by atoms with Crippen LogP contribution in [0.15, 0.2) is 78.9 Å². The summed E-state index contributed by atoms with van der Waals surface area (Å²) in [5, 5.41) is 3.01. The third kappa shape index (κ3) is 4.69. The molecule has 3 aromatic rings. The number of carbonyl (C=O) groups is 2. The number of nitrogens with one attached hydrogen (secondary N) is 1. The lowest BCUT2D eigenvalue weighted by molar-refractivity contribution is -0.125. The first kappa shape index (κ1) is 19.5. The van der Waals surface area contributed by atoms with Gasteiger partial charge in [0, 0.05) is 17.3 Å². The molecule has 0 aliphatic carbocycles. The molecular formula is C22H18ClNO4. The first-order valence-corrected chi connectivity index (χ1v) is 8.91. The van der Waals surface area contributed by atoms with Gasteiger partial charge in [0.05, 0.1) is 17.7 Å². The van der Waals surface area contributed by atoms with E-state index >= 15 is 0 Å². The highest BCUT2D eigenvalue weighted by Gasteiger charge is 2.26. The topological polar surface area (TPSA) is 64.6 Å². The smallest absolute Gasteiger partial charge is 0.340 e. The molecule has 0 aliphatic heterocycles. The van der Waals surface area contributed by atoms with Crippen LogP contribution in [0.4, 0.5) is 5.69 Å². The Hall–Kier alpha value is -3.31. The van der Waals surface area contributed by atoms with Crippen LogP contribution in [0.3, 0.4) is 0 Å². The van der Waals surface area contributed by atoms with Gasteiger partial charge in [-0.1, -0.05) is 60.1 Å². The first-order chi connectivity index (χ1) is 13.6. The second kappa shape index (κ2) is 9.06. The Morgan fingerprint density at radius 1 is 0.929 bits per heavy atom. The molecule has 0 spiro atoms. The molecule has 0 saturated heterocycles. The van der Waals surface area contributed by atoms with E-state index in [1.807, 2.05) is 6.07 Å². The molecule has 1 amide bonds. The highest BCUT2D eigenvalue weighted by atomic mass is 35.5. The summed E-state index contributed by atoms with van der Waals surface area (Å²) in [5.74, 6) is -0.567. The van der Waals surface area contributed by atoms with E-state index in [4.69, 9.17) is 21.1 Å². The average Bonchev–Trinajstić information content (AvgIpc) is 2.73. The Labute approximate surface area is 167 Å². The predicted octanol–water partition coefficient (Wildman–Crippen LogP) is 4.89. The Balaban J connectivity index is 1.86. The Bertz CT molecular complexity index is 975. The Morgan fingerprint density at radius 2 is 1.64 bits per heavy atom. The van der Waals surface area contributed by atoms with Gasteiger partial charge >= 0.3 is 5.97 Å². The van der Waals surface area contributed by atoms with E-state index < -0.39 is 18.0 Å². The summed E-state index contributed by atoms with van der Waals surface area (Å²) in [6.07, 6.45) is -1.14. The van der Waals surface area contributed by atoms with E-state index in [2.05, 4.69) is 5.32 Å². The molecule has 0 radical (unpaired) electrons. The van der Waals surface area contributed by atoms with E-state index in [0.29, 0.717) is 17.0 Å². The number of ether oxygens (including phenoxy) is 2. The van der Waals surface area contributed by atoms with Crippen LogP contribution in [0.1, 0.15) is 22.0 Å². The van der Waals surface area contributed by atoms with Crippen molar-refractivity contribution in [3.05, 3.63) is 95.0 Å². The molecule has 1 N–H and O–H groups in total. The summed E-state index contributed by atoms with van der Waals surface area (Å²) in [7, 11) is 1.54. The fraction of sp³-hybridized carbons (Fsp3) is 0.0909. The van der Waals surface area contributed by atoms with Gasteiger partial charge in [-0.2, -0.15) is 0 Å². The van der Waals surface area contributed by atoms with Gasteiger partial charge in [0.1, 0.15) is 5.75 Å². The lowest BCUT2D eigenvalue weighted by Gasteiger charge is -2.18. The maximum atomic E-state index is 12.9. The van der Waals surface area contributed by atoms with Gasteiger partial charge in [-0.3, -0.25) is 4.79 Å². The number of halogens is 1. The molecule has 6 heteroatoms. The maximum Gasteiger partial charge on any atom is 0.340 e. The summed E-state index contributed by atoms with van der Waals surface area (Å²) in [6.45, 7) is 0. The third-order valence-electron chi connectivity index (χ3n) is 4.00. The van der Waals surface area contributed by atoms with Crippen LogP contribution in [0.2, 0.25) is 5.02 Å². The molecule has 0 bridgehead atoms. The number of methoxy groups -OCH3 is 1. The second-order valence-corrected chi connectivity index (χ2v) is 6.30. The molecule has 5 nitrogen and oxygen atoms in total. The molecule has 0 fully saturated rings. The largest absolute Gasteiger partial charge is 0.497 e. The summed E-state index contributed by atoms with van der Waals surface area (Å²) >= 11 is 6.08. The van der Waals surface area contributed by atoms with Crippen molar-refractivity contribution in [3.8, 4) is 5.75 Å². The minimum Gasteiger partial charge on any atom is -0.497 e. The van der Waals surface area contributed by atoms with Gasteiger partial charge in [-0.05, 0) is 24.3 Å². The molecule has 28 heavy (non-hydrogen) atoms. The fourth-order valence-electron chi connectivity index (χ4n) is 2.61. The fourth-order valence-corrected chi connectivity index (χ4v) is 2.82. The Kier molecular flexibility index (Phi) is 6.29. The number of benzene rings is 3. The van der Waals surface area contributed by atoms with Crippen molar-refractivity contribution in [2.24, 2.45) is 0 Å². The van der Waals surface area contributed by atoms with Gasteiger partial charge in [-0.25, -0.2) is 4.79 Å². The van der Waals surface area contributed by atoms with Crippen LogP contribution in [0.25, 0.3) is 0 Å². The molecule has 142 valence electrons. The number of hydrogen-bond donors (Lipinski definition) is 1. The first-order valence-electron chi connectivity index (χ1n) is 8.54. The second-order valence-electron chi connectivity index (χ2n) is 5.90. The molecule has 1 atom stereocenters. The van der Waals surface area contributed by atoms with Gasteiger partial charge in [0.15, 0.2) is 0 Å². The average molecular weight is 396 g/mol. The normalized spacial score (nSPS) is 11.4. The molecule has 1 unspecified atom stereocenters. The number of amides is 1. The zero-order chi connectivity index (χ0) is 19.9. The van der Waals surface area contributed by atoms with Crippen molar-refractivity contribution in [1.82, 2.24) is 0 Å². The van der Waals surface area contributed by atoms with Crippen molar-refractivity contribution in [1.29, 1.82) is 0 Å². The van der Waals surface area contributed by atoms with Crippen LogP contribution in [0, 0.1) is 0 Å². The summed E-state index contributed by atoms with van der Waals surface area (Å²) in [6, 6.07) is 22.2. The minimum absolute atomic E-state index is 0.194. The van der Waals surface area contributed by atoms with Crippen LogP contribution in [-0.2, 0) is 9.53 Å². The molecule has 0 aliphatic rings. The van der Waals surface area contributed by atoms with Crippen molar-refractivity contribution in [2.75, 3.05) is 12.4 Å². The van der Waals surface area contributed by atoms with Crippen LogP contribution in [0.5, 0.6) is 5.75 Å². The maximum absolute atomic E-state index is 12.9. The standard InChI is InChI=1S/C22H18ClNO4/c1-27-17-11-7-10-16(14-17)24-21(25)20(15-8-3-2-4-9-15)28-22(26)18-12-5-6-13-19(18)23/h2-14,20H,1H3,(H,24,25). The molecule has 0 heterocycles. The zero-order valence-corrected chi connectivity index (χ0v) is 15.8. The van der Waals surface area contributed by atoms with E-state index in [9.17, 15) is 9.59 Å². The van der Waals surface area contributed by atoms with E-state index in [-0.39, 0.29) is 10.6 Å². The van der Waals surface area contributed by atoms with Gasteiger partial charge in [0.2, 0.25) is 6.10 Å². The lowest BCUT2D eigenvalue weighted by Crippen LogP contribution is -2.26. The molecule has 3 aromatic carbocycles. The van der Waals surface area contributed by atoms with Crippen molar-refractivity contribution in [3.63, 3.8) is 0 Å². The van der Waals surface area contributed by atoms with E-state index in [0.717, 1.165) is 0 Å². The molecule has 0 aromatic heterocycles. The number of esters is 1. The third-order valence-corrected chi connectivity index (χ3v) is 4.33. The molecule has 3 rings (SSSR count). The number of carbonyl (C=O) groups excluding carboxylic acids is 2. The summed E-state index contributed by atoms with van der Waals surface area (Å²) in [5.41, 5.74) is 1.27.